The van der Waals surface area contributed by atoms with Crippen LogP contribution in [0.2, 0.25) is 5.02 Å². The van der Waals surface area contributed by atoms with E-state index >= 15 is 0 Å². The summed E-state index contributed by atoms with van der Waals surface area (Å²) in [6, 6.07) is 15.7. The lowest BCUT2D eigenvalue weighted by Crippen LogP contribution is -2.10. The van der Waals surface area contributed by atoms with Gasteiger partial charge in [-0.2, -0.15) is 9.50 Å². The van der Waals surface area contributed by atoms with Crippen molar-refractivity contribution in [2.45, 2.75) is 33.1 Å². The molecule has 0 radical (unpaired) electrons. The summed E-state index contributed by atoms with van der Waals surface area (Å²) < 4.78 is 7.14. The number of fused-ring (bicyclic) bond motifs is 1. The van der Waals surface area contributed by atoms with E-state index in [9.17, 15) is 0 Å². The van der Waals surface area contributed by atoms with Crippen molar-refractivity contribution in [1.29, 1.82) is 0 Å². The van der Waals surface area contributed by atoms with Crippen molar-refractivity contribution in [1.82, 2.24) is 19.6 Å². The predicted octanol–water partition coefficient (Wildman–Crippen LogP) is 5.80. The molecule has 0 aliphatic heterocycles. The van der Waals surface area contributed by atoms with Gasteiger partial charge in [0.25, 0.3) is 5.78 Å². The summed E-state index contributed by atoms with van der Waals surface area (Å²) in [5.41, 5.74) is 3.87. The van der Waals surface area contributed by atoms with Gasteiger partial charge < -0.3 is 10.1 Å². The minimum absolute atomic E-state index is 0.0939. The Morgan fingerprint density at radius 1 is 1.00 bits per heavy atom. The molecule has 0 atom stereocenters. The van der Waals surface area contributed by atoms with Gasteiger partial charge in [0.1, 0.15) is 11.6 Å². The number of benzene rings is 2. The standard InChI is InChI=1S/C23H24ClN5O/c1-14-12-20(26-18-13-17(24)10-11-19(18)30-5)29-22(25-14)27-21(28-29)15-6-8-16(9-7-15)23(2,3)4/h6-13,26H,1-5H3. The van der Waals surface area contributed by atoms with Crippen LogP contribution in [0.15, 0.2) is 48.5 Å². The molecule has 0 aliphatic rings. The van der Waals surface area contributed by atoms with E-state index in [1.165, 1.54) is 5.56 Å². The van der Waals surface area contributed by atoms with E-state index < -0.39 is 0 Å². The summed E-state index contributed by atoms with van der Waals surface area (Å²) in [7, 11) is 1.62. The van der Waals surface area contributed by atoms with Gasteiger partial charge in [-0.25, -0.2) is 4.98 Å². The number of halogens is 1. The van der Waals surface area contributed by atoms with E-state index in [0.717, 1.165) is 22.8 Å². The Bertz CT molecular complexity index is 1210. The van der Waals surface area contributed by atoms with Gasteiger partial charge in [0, 0.05) is 22.3 Å². The average Bonchev–Trinajstić information content (AvgIpc) is 3.12. The number of anilines is 2. The van der Waals surface area contributed by atoms with Crippen LogP contribution in [0.25, 0.3) is 17.2 Å². The van der Waals surface area contributed by atoms with E-state index in [1.54, 1.807) is 17.7 Å². The van der Waals surface area contributed by atoms with Crippen molar-refractivity contribution in [3.63, 3.8) is 0 Å². The summed E-state index contributed by atoms with van der Waals surface area (Å²) in [5.74, 6) is 2.55. The van der Waals surface area contributed by atoms with E-state index in [0.29, 0.717) is 22.4 Å². The number of ether oxygens (including phenoxy) is 1. The molecular formula is C23H24ClN5O. The van der Waals surface area contributed by atoms with Crippen LogP contribution in [0.5, 0.6) is 5.75 Å². The number of hydrogen-bond acceptors (Lipinski definition) is 5. The zero-order chi connectivity index (χ0) is 21.5. The van der Waals surface area contributed by atoms with Gasteiger partial charge in [0.2, 0.25) is 0 Å². The highest BCUT2D eigenvalue weighted by Crippen LogP contribution is 2.31. The molecule has 0 spiro atoms. The topological polar surface area (TPSA) is 64.3 Å². The summed E-state index contributed by atoms with van der Waals surface area (Å²) in [6.07, 6.45) is 0. The first-order chi connectivity index (χ1) is 14.2. The molecule has 0 unspecified atom stereocenters. The monoisotopic (exact) mass is 421 g/mol. The summed E-state index contributed by atoms with van der Waals surface area (Å²) in [6.45, 7) is 8.51. The second kappa shape index (κ2) is 7.61. The second-order valence-corrected chi connectivity index (χ2v) is 8.66. The number of hydrogen-bond donors (Lipinski definition) is 1. The molecule has 6 nitrogen and oxygen atoms in total. The molecule has 4 rings (SSSR count). The van der Waals surface area contributed by atoms with Crippen LogP contribution >= 0.6 is 11.6 Å². The third kappa shape index (κ3) is 3.96. The molecule has 0 saturated heterocycles. The van der Waals surface area contributed by atoms with Gasteiger partial charge in [-0.3, -0.25) is 0 Å². The van der Waals surface area contributed by atoms with Gasteiger partial charge in [0.15, 0.2) is 5.82 Å². The SMILES string of the molecule is COc1ccc(Cl)cc1Nc1cc(C)nc2nc(-c3ccc(C(C)(C)C)cc3)nn12. The van der Waals surface area contributed by atoms with Gasteiger partial charge in [-0.15, -0.1) is 5.10 Å². The molecule has 0 fully saturated rings. The number of nitrogens with one attached hydrogen (secondary N) is 1. The lowest BCUT2D eigenvalue weighted by atomic mass is 9.87. The van der Waals surface area contributed by atoms with Gasteiger partial charge in [-0.05, 0) is 36.1 Å². The molecule has 0 bridgehead atoms. The molecule has 4 aromatic rings. The Morgan fingerprint density at radius 3 is 2.40 bits per heavy atom. The van der Waals surface area contributed by atoms with Crippen LogP contribution in [0.4, 0.5) is 11.5 Å². The number of aryl methyl sites for hydroxylation is 1. The van der Waals surface area contributed by atoms with Crippen molar-refractivity contribution in [2.24, 2.45) is 0 Å². The Labute approximate surface area is 180 Å². The number of nitrogens with zero attached hydrogens (tertiary/aromatic N) is 4. The highest BCUT2D eigenvalue weighted by molar-refractivity contribution is 6.31. The molecule has 2 aromatic heterocycles. The van der Waals surface area contributed by atoms with Crippen LogP contribution in [0.3, 0.4) is 0 Å². The van der Waals surface area contributed by atoms with Crippen LogP contribution in [0.1, 0.15) is 32.0 Å². The second-order valence-electron chi connectivity index (χ2n) is 8.23. The molecule has 0 aliphatic carbocycles. The Morgan fingerprint density at radius 2 is 1.73 bits per heavy atom. The highest BCUT2D eigenvalue weighted by Gasteiger charge is 2.16. The number of methoxy groups -OCH3 is 1. The minimum atomic E-state index is 0.0939. The summed E-state index contributed by atoms with van der Waals surface area (Å²) >= 11 is 6.18. The van der Waals surface area contributed by atoms with Crippen molar-refractivity contribution in [3.8, 4) is 17.1 Å². The van der Waals surface area contributed by atoms with Gasteiger partial charge >= 0.3 is 0 Å². The third-order valence-electron chi connectivity index (χ3n) is 4.87. The Hall–Kier alpha value is -3.12. The van der Waals surface area contributed by atoms with E-state index in [1.807, 2.05) is 25.1 Å². The third-order valence-corrected chi connectivity index (χ3v) is 5.11. The van der Waals surface area contributed by atoms with Crippen molar-refractivity contribution in [2.75, 3.05) is 12.4 Å². The van der Waals surface area contributed by atoms with Gasteiger partial charge in [-0.1, -0.05) is 56.6 Å². The van der Waals surface area contributed by atoms with E-state index in [4.69, 9.17) is 21.4 Å². The highest BCUT2D eigenvalue weighted by atomic mass is 35.5. The lowest BCUT2D eigenvalue weighted by molar-refractivity contribution is 0.417. The molecule has 2 heterocycles. The van der Waals surface area contributed by atoms with Crippen LogP contribution in [-0.4, -0.2) is 26.7 Å². The fraction of sp³-hybridized carbons (Fsp3) is 0.261. The fourth-order valence-corrected chi connectivity index (χ4v) is 3.41. The maximum absolute atomic E-state index is 6.18. The van der Waals surface area contributed by atoms with Crippen molar-refractivity contribution < 1.29 is 4.74 Å². The van der Waals surface area contributed by atoms with Crippen LogP contribution in [0, 0.1) is 6.92 Å². The number of aromatic nitrogens is 4. The first-order valence-electron chi connectivity index (χ1n) is 9.70. The average molecular weight is 422 g/mol. The largest absolute Gasteiger partial charge is 0.495 e. The predicted molar refractivity (Wildman–Crippen MR) is 121 cm³/mol. The molecule has 2 aromatic carbocycles. The molecular weight excluding hydrogens is 398 g/mol. The molecule has 1 N–H and O–H groups in total. The van der Waals surface area contributed by atoms with E-state index in [2.05, 4.69) is 60.3 Å². The summed E-state index contributed by atoms with van der Waals surface area (Å²) in [5, 5.41) is 8.66. The smallest absolute Gasteiger partial charge is 0.254 e. The molecule has 0 amide bonds. The zero-order valence-electron chi connectivity index (χ0n) is 17.7. The molecule has 154 valence electrons. The maximum Gasteiger partial charge on any atom is 0.254 e. The van der Waals surface area contributed by atoms with Crippen LogP contribution in [-0.2, 0) is 5.41 Å². The minimum Gasteiger partial charge on any atom is -0.495 e. The lowest BCUT2D eigenvalue weighted by Gasteiger charge is -2.18. The van der Waals surface area contributed by atoms with Crippen molar-refractivity contribution in [3.05, 3.63) is 64.8 Å². The van der Waals surface area contributed by atoms with Crippen molar-refractivity contribution >= 4 is 28.9 Å². The van der Waals surface area contributed by atoms with Gasteiger partial charge in [0.05, 0.1) is 12.8 Å². The zero-order valence-corrected chi connectivity index (χ0v) is 18.4. The summed E-state index contributed by atoms with van der Waals surface area (Å²) in [4.78, 5) is 9.17. The quantitative estimate of drug-likeness (QED) is 0.451. The first kappa shape index (κ1) is 20.2. The molecule has 0 saturated carbocycles. The molecule has 30 heavy (non-hydrogen) atoms. The van der Waals surface area contributed by atoms with E-state index in [-0.39, 0.29) is 5.41 Å². The fourth-order valence-electron chi connectivity index (χ4n) is 3.23. The number of rotatable bonds is 4. The molecule has 7 heteroatoms. The Kier molecular flexibility index (Phi) is 5.12. The van der Waals surface area contributed by atoms with Crippen LogP contribution < -0.4 is 10.1 Å². The normalized spacial score (nSPS) is 11.7. The maximum atomic E-state index is 6.18. The Balaban J connectivity index is 1.76. The first-order valence-corrected chi connectivity index (χ1v) is 10.1.